The Labute approximate surface area is 98.9 Å². The first kappa shape index (κ1) is 13.0. The van der Waals surface area contributed by atoms with Crippen LogP contribution in [-0.4, -0.2) is 5.78 Å². The summed E-state index contributed by atoms with van der Waals surface area (Å²) in [6.07, 6.45) is 0.557. The third-order valence-electron chi connectivity index (χ3n) is 2.82. The molecule has 0 heterocycles. The maximum Gasteiger partial charge on any atom is 0.139 e. The summed E-state index contributed by atoms with van der Waals surface area (Å²) < 4.78 is 0. The number of benzene rings is 1. The molecule has 0 N–H and O–H groups in total. The fourth-order valence-electron chi connectivity index (χ4n) is 1.55. The van der Waals surface area contributed by atoms with E-state index in [0.29, 0.717) is 12.2 Å². The van der Waals surface area contributed by atoms with Crippen molar-refractivity contribution in [1.29, 1.82) is 0 Å². The van der Waals surface area contributed by atoms with Crippen molar-refractivity contribution in [2.75, 3.05) is 0 Å². The summed E-state index contributed by atoms with van der Waals surface area (Å²) in [5.41, 5.74) is 2.57. The topological polar surface area (TPSA) is 17.1 Å². The molecule has 0 aromatic heterocycles. The molecule has 0 aliphatic heterocycles. The fourth-order valence-corrected chi connectivity index (χ4v) is 1.55. The van der Waals surface area contributed by atoms with E-state index < -0.39 is 0 Å². The van der Waals surface area contributed by atoms with E-state index in [1.807, 2.05) is 26.0 Å². The zero-order valence-corrected chi connectivity index (χ0v) is 11.0. The van der Waals surface area contributed by atoms with Crippen molar-refractivity contribution in [1.82, 2.24) is 0 Å². The van der Waals surface area contributed by atoms with Crippen molar-refractivity contribution in [2.45, 2.75) is 46.5 Å². The highest BCUT2D eigenvalue weighted by molar-refractivity contribution is 5.82. The first-order chi connectivity index (χ1) is 7.30. The van der Waals surface area contributed by atoms with E-state index in [1.54, 1.807) is 0 Å². The van der Waals surface area contributed by atoms with Crippen LogP contribution in [0.3, 0.4) is 0 Å². The van der Waals surface area contributed by atoms with Gasteiger partial charge in [0.1, 0.15) is 5.78 Å². The Morgan fingerprint density at radius 1 is 1.25 bits per heavy atom. The van der Waals surface area contributed by atoms with Crippen LogP contribution in [0, 0.1) is 5.92 Å². The molecule has 0 radical (unpaired) electrons. The quantitative estimate of drug-likeness (QED) is 0.755. The minimum Gasteiger partial charge on any atom is -0.299 e. The summed E-state index contributed by atoms with van der Waals surface area (Å²) in [7, 11) is 0. The SMILES string of the molecule is CC(C)C(=O)Cc1cccc(C(C)(C)C)c1. The van der Waals surface area contributed by atoms with Gasteiger partial charge in [0, 0.05) is 12.3 Å². The maximum atomic E-state index is 11.7. The summed E-state index contributed by atoms with van der Waals surface area (Å²) in [6.45, 7) is 10.5. The second-order valence-corrected chi connectivity index (χ2v) is 5.75. The van der Waals surface area contributed by atoms with Crippen LogP contribution in [0.5, 0.6) is 0 Å². The van der Waals surface area contributed by atoms with Gasteiger partial charge in [-0.3, -0.25) is 4.79 Å². The smallest absolute Gasteiger partial charge is 0.139 e. The largest absolute Gasteiger partial charge is 0.299 e. The molecule has 0 bridgehead atoms. The molecule has 1 nitrogen and oxygen atoms in total. The van der Waals surface area contributed by atoms with Crippen molar-refractivity contribution in [3.05, 3.63) is 35.4 Å². The number of ketones is 1. The molecule has 0 aliphatic carbocycles. The molecule has 0 fully saturated rings. The number of carbonyl (C=O) groups is 1. The molecule has 16 heavy (non-hydrogen) atoms. The van der Waals surface area contributed by atoms with Gasteiger partial charge in [0.25, 0.3) is 0 Å². The third-order valence-corrected chi connectivity index (χ3v) is 2.82. The van der Waals surface area contributed by atoms with Crippen molar-refractivity contribution >= 4 is 5.78 Å². The zero-order valence-electron chi connectivity index (χ0n) is 11.0. The van der Waals surface area contributed by atoms with E-state index in [1.165, 1.54) is 5.56 Å². The molecule has 0 saturated heterocycles. The molecule has 0 unspecified atom stereocenters. The van der Waals surface area contributed by atoms with Gasteiger partial charge in [-0.15, -0.1) is 0 Å². The van der Waals surface area contributed by atoms with Crippen LogP contribution in [-0.2, 0) is 16.6 Å². The Hall–Kier alpha value is -1.11. The minimum atomic E-state index is 0.123. The molecule has 1 heteroatoms. The Morgan fingerprint density at radius 3 is 2.38 bits per heavy atom. The maximum absolute atomic E-state index is 11.7. The number of hydrogen-bond acceptors (Lipinski definition) is 1. The van der Waals surface area contributed by atoms with Gasteiger partial charge >= 0.3 is 0 Å². The molecular formula is C15H22O. The van der Waals surface area contributed by atoms with Gasteiger partial charge in [-0.25, -0.2) is 0 Å². The van der Waals surface area contributed by atoms with Gasteiger partial charge in [-0.2, -0.15) is 0 Å². The highest BCUT2D eigenvalue weighted by Crippen LogP contribution is 2.23. The molecule has 1 aromatic carbocycles. The Bertz CT molecular complexity index is 369. The minimum absolute atomic E-state index is 0.123. The lowest BCUT2D eigenvalue weighted by Gasteiger charge is -2.19. The van der Waals surface area contributed by atoms with Crippen LogP contribution in [0.15, 0.2) is 24.3 Å². The first-order valence-corrected chi connectivity index (χ1v) is 5.93. The summed E-state index contributed by atoms with van der Waals surface area (Å²) in [5, 5.41) is 0. The predicted molar refractivity (Wildman–Crippen MR) is 68.7 cm³/mol. The lowest BCUT2D eigenvalue weighted by atomic mass is 9.85. The highest BCUT2D eigenvalue weighted by Gasteiger charge is 2.15. The molecule has 1 aromatic rings. The monoisotopic (exact) mass is 218 g/mol. The van der Waals surface area contributed by atoms with Gasteiger partial charge in [-0.05, 0) is 16.5 Å². The van der Waals surface area contributed by atoms with E-state index >= 15 is 0 Å². The van der Waals surface area contributed by atoms with E-state index in [4.69, 9.17) is 0 Å². The fraction of sp³-hybridized carbons (Fsp3) is 0.533. The zero-order chi connectivity index (χ0) is 12.3. The predicted octanol–water partition coefficient (Wildman–Crippen LogP) is 3.75. The van der Waals surface area contributed by atoms with E-state index in [-0.39, 0.29) is 11.3 Å². The summed E-state index contributed by atoms with van der Waals surface area (Å²) >= 11 is 0. The van der Waals surface area contributed by atoms with Crippen LogP contribution >= 0.6 is 0 Å². The molecule has 0 amide bonds. The number of rotatable bonds is 3. The molecule has 0 saturated carbocycles. The van der Waals surface area contributed by atoms with E-state index in [2.05, 4.69) is 32.9 Å². The number of Topliss-reactive ketones (excluding diaryl/α,β-unsaturated/α-hetero) is 1. The van der Waals surface area contributed by atoms with Gasteiger partial charge in [0.2, 0.25) is 0 Å². The average Bonchev–Trinajstić information content (AvgIpc) is 2.16. The third kappa shape index (κ3) is 3.48. The lowest BCUT2D eigenvalue weighted by molar-refractivity contribution is -0.121. The number of hydrogen-bond donors (Lipinski definition) is 0. The van der Waals surface area contributed by atoms with Crippen LogP contribution in [0.25, 0.3) is 0 Å². The van der Waals surface area contributed by atoms with Crippen LogP contribution < -0.4 is 0 Å². The summed E-state index contributed by atoms with van der Waals surface area (Å²) in [4.78, 5) is 11.7. The van der Waals surface area contributed by atoms with Gasteiger partial charge < -0.3 is 0 Å². The summed E-state index contributed by atoms with van der Waals surface area (Å²) in [5.74, 6) is 0.435. The van der Waals surface area contributed by atoms with Crippen molar-refractivity contribution in [3.8, 4) is 0 Å². The number of carbonyl (C=O) groups excluding carboxylic acids is 1. The van der Waals surface area contributed by atoms with E-state index in [9.17, 15) is 4.79 Å². The molecule has 0 spiro atoms. The molecule has 1 rings (SSSR count). The van der Waals surface area contributed by atoms with E-state index in [0.717, 1.165) is 5.56 Å². The van der Waals surface area contributed by atoms with Crippen LogP contribution in [0.2, 0.25) is 0 Å². The Morgan fingerprint density at radius 2 is 1.88 bits per heavy atom. The standard InChI is InChI=1S/C15H22O/c1-11(2)14(16)10-12-7-6-8-13(9-12)15(3,4)5/h6-9,11H,10H2,1-5H3. The van der Waals surface area contributed by atoms with Crippen LogP contribution in [0.1, 0.15) is 45.7 Å². The first-order valence-electron chi connectivity index (χ1n) is 5.93. The Balaban J connectivity index is 2.88. The van der Waals surface area contributed by atoms with Crippen LogP contribution in [0.4, 0.5) is 0 Å². The van der Waals surface area contributed by atoms with Gasteiger partial charge in [-0.1, -0.05) is 58.9 Å². The Kier molecular flexibility index (Phi) is 3.90. The second-order valence-electron chi connectivity index (χ2n) is 5.75. The molecule has 0 atom stereocenters. The normalized spacial score (nSPS) is 11.9. The molecule has 88 valence electrons. The summed E-state index contributed by atoms with van der Waals surface area (Å²) in [6, 6.07) is 8.36. The molecular weight excluding hydrogens is 196 g/mol. The average molecular weight is 218 g/mol. The van der Waals surface area contributed by atoms with Gasteiger partial charge in [0.05, 0.1) is 0 Å². The van der Waals surface area contributed by atoms with Gasteiger partial charge in [0.15, 0.2) is 0 Å². The second kappa shape index (κ2) is 4.82. The van der Waals surface area contributed by atoms with Crippen molar-refractivity contribution < 1.29 is 4.79 Å². The lowest BCUT2D eigenvalue weighted by Crippen LogP contribution is -2.13. The van der Waals surface area contributed by atoms with Crippen molar-refractivity contribution in [2.24, 2.45) is 5.92 Å². The molecule has 0 aliphatic rings. The highest BCUT2D eigenvalue weighted by atomic mass is 16.1. The van der Waals surface area contributed by atoms with Crippen molar-refractivity contribution in [3.63, 3.8) is 0 Å².